The second-order valence-electron chi connectivity index (χ2n) is 8.83. The van der Waals surface area contributed by atoms with Crippen LogP contribution in [-0.2, 0) is 12.0 Å². The highest BCUT2D eigenvalue weighted by atomic mass is 35.5. The number of aryl methyl sites for hydroxylation is 1. The number of hydrogen-bond donors (Lipinski definition) is 1. The van der Waals surface area contributed by atoms with Crippen molar-refractivity contribution in [3.8, 4) is 0 Å². The van der Waals surface area contributed by atoms with Crippen LogP contribution in [0.2, 0.25) is 0 Å². The predicted octanol–water partition coefficient (Wildman–Crippen LogP) is 5.74. The lowest BCUT2D eigenvalue weighted by atomic mass is 9.92. The SMILES string of the molecule is CC(C)(C)c1cn2c3ccccc3nc2n1CCCNC1CCCCC1.Cl.Cl. The standard InChI is InChI=1S/C22H32N4.2ClH/c1-22(2,3)20-16-26-19-13-8-7-12-18(19)24-21(26)25(20)15-9-14-23-17-10-5-4-6-11-17;;/h7-8,12-13,16-17,23H,4-6,9-11,14-15H2,1-3H3;2*1H. The molecule has 4 rings (SSSR count). The van der Waals surface area contributed by atoms with E-state index in [0.717, 1.165) is 36.8 Å². The van der Waals surface area contributed by atoms with E-state index in [9.17, 15) is 0 Å². The maximum atomic E-state index is 4.92. The highest BCUT2D eigenvalue weighted by molar-refractivity contribution is 5.85. The first-order chi connectivity index (χ1) is 12.5. The fourth-order valence-electron chi connectivity index (χ4n) is 4.32. The van der Waals surface area contributed by atoms with Crippen LogP contribution >= 0.6 is 24.8 Å². The molecule has 0 aliphatic heterocycles. The van der Waals surface area contributed by atoms with Gasteiger partial charge in [-0.05, 0) is 37.9 Å². The average molecular weight is 425 g/mol. The molecule has 0 amide bonds. The first-order valence-corrected chi connectivity index (χ1v) is 10.2. The van der Waals surface area contributed by atoms with Crippen molar-refractivity contribution in [2.24, 2.45) is 0 Å². The van der Waals surface area contributed by atoms with Gasteiger partial charge in [-0.15, -0.1) is 24.8 Å². The Morgan fingerprint density at radius 2 is 1.79 bits per heavy atom. The van der Waals surface area contributed by atoms with Crippen LogP contribution in [0.5, 0.6) is 0 Å². The lowest BCUT2D eigenvalue weighted by Gasteiger charge is -2.24. The summed E-state index contributed by atoms with van der Waals surface area (Å²) in [6.07, 6.45) is 10.4. The monoisotopic (exact) mass is 424 g/mol. The minimum absolute atomic E-state index is 0. The molecule has 1 aliphatic carbocycles. The molecule has 0 radical (unpaired) electrons. The number of hydrogen-bond acceptors (Lipinski definition) is 2. The van der Waals surface area contributed by atoms with Crippen LogP contribution in [0.4, 0.5) is 0 Å². The van der Waals surface area contributed by atoms with Crippen molar-refractivity contribution >= 4 is 41.6 Å². The van der Waals surface area contributed by atoms with Crippen LogP contribution in [0.15, 0.2) is 30.5 Å². The van der Waals surface area contributed by atoms with Crippen molar-refractivity contribution in [3.63, 3.8) is 0 Å². The van der Waals surface area contributed by atoms with Gasteiger partial charge in [-0.3, -0.25) is 4.40 Å². The first kappa shape index (κ1) is 23.1. The van der Waals surface area contributed by atoms with Crippen molar-refractivity contribution in [1.82, 2.24) is 19.3 Å². The minimum atomic E-state index is 0. The Morgan fingerprint density at radius 3 is 2.50 bits per heavy atom. The zero-order valence-electron chi connectivity index (χ0n) is 17.3. The maximum absolute atomic E-state index is 4.92. The van der Waals surface area contributed by atoms with E-state index in [2.05, 4.69) is 65.5 Å². The molecule has 156 valence electrons. The summed E-state index contributed by atoms with van der Waals surface area (Å²) in [6, 6.07) is 9.17. The van der Waals surface area contributed by atoms with Gasteiger partial charge in [-0.2, -0.15) is 0 Å². The second-order valence-corrected chi connectivity index (χ2v) is 8.83. The third kappa shape index (κ3) is 4.67. The highest BCUT2D eigenvalue weighted by Crippen LogP contribution is 2.28. The van der Waals surface area contributed by atoms with Gasteiger partial charge in [0.1, 0.15) is 0 Å². The van der Waals surface area contributed by atoms with Crippen LogP contribution in [0.25, 0.3) is 16.8 Å². The summed E-state index contributed by atoms with van der Waals surface area (Å²) in [5.41, 5.74) is 3.76. The zero-order chi connectivity index (χ0) is 18.1. The summed E-state index contributed by atoms with van der Waals surface area (Å²) < 4.78 is 4.70. The van der Waals surface area contributed by atoms with E-state index >= 15 is 0 Å². The van der Waals surface area contributed by atoms with Gasteiger partial charge >= 0.3 is 0 Å². The second kappa shape index (κ2) is 9.51. The van der Waals surface area contributed by atoms with Gasteiger partial charge in [-0.25, -0.2) is 4.98 Å². The van der Waals surface area contributed by atoms with Gasteiger partial charge in [0.2, 0.25) is 5.78 Å². The molecule has 2 heterocycles. The van der Waals surface area contributed by atoms with Gasteiger partial charge < -0.3 is 9.88 Å². The molecule has 2 aromatic heterocycles. The topological polar surface area (TPSA) is 34.3 Å². The molecule has 4 nitrogen and oxygen atoms in total. The number of fused-ring (bicyclic) bond motifs is 3. The summed E-state index contributed by atoms with van der Waals surface area (Å²) in [6.45, 7) is 8.99. The van der Waals surface area contributed by atoms with Crippen molar-refractivity contribution in [2.75, 3.05) is 6.54 Å². The molecule has 0 atom stereocenters. The largest absolute Gasteiger partial charge is 0.314 e. The Labute approximate surface area is 180 Å². The summed E-state index contributed by atoms with van der Waals surface area (Å²) in [5.74, 6) is 1.08. The lowest BCUT2D eigenvalue weighted by molar-refractivity contribution is 0.368. The number of nitrogens with zero attached hydrogens (tertiary/aromatic N) is 3. The lowest BCUT2D eigenvalue weighted by Crippen LogP contribution is -2.32. The van der Waals surface area contributed by atoms with Gasteiger partial charge in [-0.1, -0.05) is 52.2 Å². The van der Waals surface area contributed by atoms with Gasteiger partial charge in [0.05, 0.1) is 11.0 Å². The van der Waals surface area contributed by atoms with Crippen LogP contribution in [-0.4, -0.2) is 26.5 Å². The third-order valence-corrected chi connectivity index (χ3v) is 5.73. The molecular formula is C22H34Cl2N4. The first-order valence-electron chi connectivity index (χ1n) is 10.2. The summed E-state index contributed by atoms with van der Waals surface area (Å²) in [7, 11) is 0. The van der Waals surface area contributed by atoms with E-state index in [0.29, 0.717) is 0 Å². The summed E-state index contributed by atoms with van der Waals surface area (Å²) in [5, 5.41) is 3.78. The van der Waals surface area contributed by atoms with Gasteiger partial charge in [0.15, 0.2) is 0 Å². The van der Waals surface area contributed by atoms with Crippen LogP contribution in [0, 0.1) is 0 Å². The van der Waals surface area contributed by atoms with Crippen molar-refractivity contribution in [1.29, 1.82) is 0 Å². The number of aromatic nitrogens is 3. The molecule has 0 unspecified atom stereocenters. The Bertz CT molecular complexity index is 885. The molecule has 1 saturated carbocycles. The summed E-state index contributed by atoms with van der Waals surface area (Å²) >= 11 is 0. The van der Waals surface area contributed by atoms with E-state index in [1.807, 2.05) is 0 Å². The number of nitrogens with one attached hydrogen (secondary N) is 1. The molecule has 0 bridgehead atoms. The minimum Gasteiger partial charge on any atom is -0.314 e. The number of rotatable bonds is 5. The molecule has 1 aromatic carbocycles. The fourth-order valence-corrected chi connectivity index (χ4v) is 4.32. The molecule has 1 aliphatic rings. The molecular weight excluding hydrogens is 391 g/mol. The van der Waals surface area contributed by atoms with Crippen molar-refractivity contribution in [3.05, 3.63) is 36.2 Å². The predicted molar refractivity (Wildman–Crippen MR) is 123 cm³/mol. The fraction of sp³-hybridized carbons (Fsp3) is 0.591. The Hall–Kier alpha value is -1.23. The highest BCUT2D eigenvalue weighted by Gasteiger charge is 2.23. The van der Waals surface area contributed by atoms with E-state index in [-0.39, 0.29) is 30.2 Å². The number of imidazole rings is 2. The number of para-hydroxylation sites is 2. The van der Waals surface area contributed by atoms with Crippen molar-refractivity contribution in [2.45, 2.75) is 77.3 Å². The molecule has 28 heavy (non-hydrogen) atoms. The Balaban J connectivity index is 0.00000140. The quantitative estimate of drug-likeness (QED) is 0.529. The molecule has 3 aromatic rings. The van der Waals surface area contributed by atoms with E-state index in [1.54, 1.807) is 0 Å². The third-order valence-electron chi connectivity index (χ3n) is 5.73. The van der Waals surface area contributed by atoms with Crippen molar-refractivity contribution < 1.29 is 0 Å². The number of benzene rings is 1. The normalized spacial score (nSPS) is 15.5. The molecule has 0 saturated heterocycles. The van der Waals surface area contributed by atoms with Gasteiger partial charge in [0, 0.05) is 29.9 Å². The Morgan fingerprint density at radius 1 is 1.07 bits per heavy atom. The average Bonchev–Trinajstić information content (AvgIpc) is 3.16. The molecule has 1 fully saturated rings. The van der Waals surface area contributed by atoms with E-state index in [4.69, 9.17) is 4.98 Å². The van der Waals surface area contributed by atoms with Crippen LogP contribution in [0.1, 0.15) is 65.0 Å². The zero-order valence-corrected chi connectivity index (χ0v) is 18.9. The Kier molecular flexibility index (Phi) is 7.83. The van der Waals surface area contributed by atoms with E-state index in [1.165, 1.54) is 43.3 Å². The molecule has 6 heteroatoms. The van der Waals surface area contributed by atoms with Gasteiger partial charge in [0.25, 0.3) is 0 Å². The van der Waals surface area contributed by atoms with Crippen LogP contribution < -0.4 is 5.32 Å². The van der Waals surface area contributed by atoms with Crippen LogP contribution in [0.3, 0.4) is 0 Å². The molecule has 1 N–H and O–H groups in total. The summed E-state index contributed by atoms with van der Waals surface area (Å²) in [4.78, 5) is 4.92. The molecule has 0 spiro atoms. The maximum Gasteiger partial charge on any atom is 0.215 e. The number of halogens is 2. The smallest absolute Gasteiger partial charge is 0.215 e. The van der Waals surface area contributed by atoms with E-state index < -0.39 is 0 Å².